The molecule has 0 aliphatic carbocycles. The largest absolute Gasteiger partial charge is 0.479 e. The zero-order chi connectivity index (χ0) is 10.4. The highest BCUT2D eigenvalue weighted by Gasteiger charge is 2.56. The highest BCUT2D eigenvalue weighted by atomic mass is 16.6. The summed E-state index contributed by atoms with van der Waals surface area (Å²) in [5.74, 6) is -0.857. The number of hydrogen-bond donors (Lipinski definition) is 1. The Labute approximate surface area is 83.2 Å². The average molecular weight is 200 g/mol. The molecule has 0 aromatic carbocycles. The van der Waals surface area contributed by atoms with Crippen molar-refractivity contribution in [3.63, 3.8) is 0 Å². The van der Waals surface area contributed by atoms with Gasteiger partial charge in [-0.3, -0.25) is 0 Å². The Morgan fingerprint density at radius 2 is 2.14 bits per heavy atom. The number of carboxylic acids is 1. The molecule has 2 atom stereocenters. The summed E-state index contributed by atoms with van der Waals surface area (Å²) >= 11 is 0. The second kappa shape index (κ2) is 2.94. The minimum absolute atomic E-state index is 0.350. The molecular weight excluding hydrogens is 184 g/mol. The zero-order valence-electron chi connectivity index (χ0n) is 8.58. The van der Waals surface area contributed by atoms with Gasteiger partial charge < -0.3 is 14.6 Å². The van der Waals surface area contributed by atoms with E-state index in [0.717, 1.165) is 12.8 Å². The number of rotatable bonds is 1. The van der Waals surface area contributed by atoms with E-state index < -0.39 is 12.1 Å². The van der Waals surface area contributed by atoms with E-state index in [1.165, 1.54) is 0 Å². The summed E-state index contributed by atoms with van der Waals surface area (Å²) in [7, 11) is 0. The van der Waals surface area contributed by atoms with Crippen molar-refractivity contribution in [2.75, 3.05) is 6.61 Å². The zero-order valence-corrected chi connectivity index (χ0v) is 8.58. The third-order valence-corrected chi connectivity index (χ3v) is 3.52. The SMILES string of the molecule is CC1(C)OCCC12CCC(C(=O)O)O2. The Kier molecular flexibility index (Phi) is 2.08. The van der Waals surface area contributed by atoms with Gasteiger partial charge in [0.15, 0.2) is 6.10 Å². The Morgan fingerprint density at radius 3 is 2.57 bits per heavy atom. The van der Waals surface area contributed by atoms with Gasteiger partial charge in [0.25, 0.3) is 0 Å². The molecule has 0 amide bonds. The van der Waals surface area contributed by atoms with Gasteiger partial charge in [0.1, 0.15) is 0 Å². The van der Waals surface area contributed by atoms with Crippen LogP contribution in [0, 0.1) is 0 Å². The van der Waals surface area contributed by atoms with Crippen LogP contribution < -0.4 is 0 Å². The molecule has 1 spiro atoms. The molecule has 2 aliphatic rings. The van der Waals surface area contributed by atoms with Gasteiger partial charge in [-0.15, -0.1) is 0 Å². The standard InChI is InChI=1S/C10H16O4/c1-9(2)10(5-6-13-9)4-3-7(14-10)8(11)12/h7H,3-6H2,1-2H3,(H,11,12). The summed E-state index contributed by atoms with van der Waals surface area (Å²) in [6.07, 6.45) is 1.55. The van der Waals surface area contributed by atoms with Crippen molar-refractivity contribution in [2.45, 2.75) is 50.4 Å². The van der Waals surface area contributed by atoms with E-state index in [-0.39, 0.29) is 11.2 Å². The van der Waals surface area contributed by atoms with E-state index in [1.54, 1.807) is 0 Å². The predicted octanol–water partition coefficient (Wildman–Crippen LogP) is 1.19. The lowest BCUT2D eigenvalue weighted by Crippen LogP contribution is -2.46. The van der Waals surface area contributed by atoms with Crippen molar-refractivity contribution in [3.05, 3.63) is 0 Å². The van der Waals surface area contributed by atoms with Crippen LogP contribution in [0.15, 0.2) is 0 Å². The molecule has 4 nitrogen and oxygen atoms in total. The fourth-order valence-corrected chi connectivity index (χ4v) is 2.46. The van der Waals surface area contributed by atoms with Gasteiger partial charge in [0.2, 0.25) is 0 Å². The first kappa shape index (κ1) is 9.93. The van der Waals surface area contributed by atoms with Crippen LogP contribution in [0.25, 0.3) is 0 Å². The molecule has 2 rings (SSSR count). The molecule has 14 heavy (non-hydrogen) atoms. The van der Waals surface area contributed by atoms with Gasteiger partial charge >= 0.3 is 5.97 Å². The fraction of sp³-hybridized carbons (Fsp3) is 0.900. The van der Waals surface area contributed by atoms with E-state index in [4.69, 9.17) is 14.6 Å². The monoisotopic (exact) mass is 200 g/mol. The van der Waals surface area contributed by atoms with Crippen LogP contribution in [0.5, 0.6) is 0 Å². The molecule has 2 fully saturated rings. The van der Waals surface area contributed by atoms with Crippen LogP contribution in [0.4, 0.5) is 0 Å². The van der Waals surface area contributed by atoms with Crippen LogP contribution in [0.2, 0.25) is 0 Å². The summed E-state index contributed by atoms with van der Waals surface area (Å²) < 4.78 is 11.3. The minimum atomic E-state index is -0.857. The lowest BCUT2D eigenvalue weighted by Gasteiger charge is -2.35. The predicted molar refractivity (Wildman–Crippen MR) is 49.1 cm³/mol. The summed E-state index contributed by atoms with van der Waals surface area (Å²) in [6, 6.07) is 0. The van der Waals surface area contributed by atoms with Crippen molar-refractivity contribution in [1.82, 2.24) is 0 Å². The first-order chi connectivity index (χ1) is 6.47. The minimum Gasteiger partial charge on any atom is -0.479 e. The molecule has 2 saturated heterocycles. The normalized spacial score (nSPS) is 40.6. The summed E-state index contributed by atoms with van der Waals surface area (Å²) in [4.78, 5) is 10.8. The van der Waals surface area contributed by atoms with Crippen molar-refractivity contribution in [3.8, 4) is 0 Å². The van der Waals surface area contributed by atoms with Gasteiger partial charge in [-0.2, -0.15) is 0 Å². The highest BCUT2D eigenvalue weighted by Crippen LogP contribution is 2.47. The first-order valence-corrected chi connectivity index (χ1v) is 5.01. The molecule has 0 radical (unpaired) electrons. The molecule has 0 saturated carbocycles. The summed E-state index contributed by atoms with van der Waals surface area (Å²) in [6.45, 7) is 4.62. The molecule has 0 aromatic rings. The smallest absolute Gasteiger partial charge is 0.332 e. The Balaban J connectivity index is 2.16. The fourth-order valence-electron chi connectivity index (χ4n) is 2.46. The van der Waals surface area contributed by atoms with Crippen molar-refractivity contribution in [1.29, 1.82) is 0 Å². The number of hydrogen-bond acceptors (Lipinski definition) is 3. The van der Waals surface area contributed by atoms with Gasteiger partial charge in [0.05, 0.1) is 17.8 Å². The lowest BCUT2D eigenvalue weighted by molar-refractivity contribution is -0.165. The maximum absolute atomic E-state index is 10.8. The topological polar surface area (TPSA) is 55.8 Å². The maximum Gasteiger partial charge on any atom is 0.332 e. The molecule has 2 heterocycles. The molecule has 1 N–H and O–H groups in total. The second-order valence-corrected chi connectivity index (χ2v) is 4.59. The lowest BCUT2D eigenvalue weighted by atomic mass is 9.83. The Morgan fingerprint density at radius 1 is 1.43 bits per heavy atom. The van der Waals surface area contributed by atoms with Crippen LogP contribution in [-0.2, 0) is 14.3 Å². The summed E-state index contributed by atoms with van der Waals surface area (Å²) in [5.41, 5.74) is -0.715. The van der Waals surface area contributed by atoms with Gasteiger partial charge in [-0.25, -0.2) is 4.79 Å². The maximum atomic E-state index is 10.8. The Hall–Kier alpha value is -0.610. The molecule has 2 aliphatic heterocycles. The van der Waals surface area contributed by atoms with E-state index in [2.05, 4.69) is 0 Å². The molecule has 4 heteroatoms. The van der Waals surface area contributed by atoms with Crippen LogP contribution in [0.1, 0.15) is 33.1 Å². The Bertz CT molecular complexity index is 261. The van der Waals surface area contributed by atoms with E-state index in [1.807, 2.05) is 13.8 Å². The van der Waals surface area contributed by atoms with E-state index in [0.29, 0.717) is 13.0 Å². The molecule has 0 bridgehead atoms. The average Bonchev–Trinajstić information content (AvgIpc) is 2.60. The van der Waals surface area contributed by atoms with Crippen LogP contribution >= 0.6 is 0 Å². The second-order valence-electron chi connectivity index (χ2n) is 4.59. The first-order valence-electron chi connectivity index (χ1n) is 5.01. The highest BCUT2D eigenvalue weighted by molar-refractivity contribution is 5.72. The molecule has 0 aromatic heterocycles. The number of carboxylic acid groups (broad SMARTS) is 1. The van der Waals surface area contributed by atoms with Gasteiger partial charge in [0, 0.05) is 6.42 Å². The molecule has 80 valence electrons. The molecule has 2 unspecified atom stereocenters. The molecular formula is C10H16O4. The van der Waals surface area contributed by atoms with Crippen molar-refractivity contribution in [2.24, 2.45) is 0 Å². The van der Waals surface area contributed by atoms with E-state index in [9.17, 15) is 4.79 Å². The van der Waals surface area contributed by atoms with Crippen molar-refractivity contribution >= 4 is 5.97 Å². The van der Waals surface area contributed by atoms with Crippen molar-refractivity contribution < 1.29 is 19.4 Å². The third-order valence-electron chi connectivity index (χ3n) is 3.52. The van der Waals surface area contributed by atoms with Crippen LogP contribution in [-0.4, -0.2) is 35.0 Å². The van der Waals surface area contributed by atoms with Crippen LogP contribution in [0.3, 0.4) is 0 Å². The van der Waals surface area contributed by atoms with E-state index >= 15 is 0 Å². The number of carbonyl (C=O) groups is 1. The van der Waals surface area contributed by atoms with Gasteiger partial charge in [-0.05, 0) is 26.7 Å². The quantitative estimate of drug-likeness (QED) is 0.690. The summed E-state index contributed by atoms with van der Waals surface area (Å²) in [5, 5.41) is 8.86. The van der Waals surface area contributed by atoms with Gasteiger partial charge in [-0.1, -0.05) is 0 Å². The number of aliphatic carboxylic acids is 1. The number of ether oxygens (including phenoxy) is 2. The third kappa shape index (κ3) is 1.25.